The lowest BCUT2D eigenvalue weighted by molar-refractivity contribution is -0.00279. The molecule has 0 spiro atoms. The summed E-state index contributed by atoms with van der Waals surface area (Å²) in [5.41, 5.74) is -1.15. The van der Waals surface area contributed by atoms with Gasteiger partial charge in [-0.2, -0.15) is 0 Å². The summed E-state index contributed by atoms with van der Waals surface area (Å²) >= 11 is 0. The summed E-state index contributed by atoms with van der Waals surface area (Å²) in [6, 6.07) is 1.14. The first-order chi connectivity index (χ1) is 5.56. The fourth-order valence-corrected chi connectivity index (χ4v) is 0.798. The molecule has 0 radical (unpaired) electrons. The van der Waals surface area contributed by atoms with Crippen molar-refractivity contribution in [1.29, 1.82) is 0 Å². The van der Waals surface area contributed by atoms with Crippen LogP contribution in [0.1, 0.15) is 12.5 Å². The number of aliphatic hydroxyl groups is 2. The smallest absolute Gasteiger partial charge is 0.141 e. The SMILES string of the molecule is CC(O)(CO)c1cncc(F)c1. The molecule has 1 atom stereocenters. The van der Waals surface area contributed by atoms with E-state index in [0.717, 1.165) is 12.3 Å². The maximum atomic E-state index is 12.6. The van der Waals surface area contributed by atoms with Crippen molar-refractivity contribution in [2.75, 3.05) is 6.61 Å². The molecule has 1 unspecified atom stereocenters. The largest absolute Gasteiger partial charge is 0.393 e. The zero-order chi connectivity index (χ0) is 9.19. The van der Waals surface area contributed by atoms with Crippen molar-refractivity contribution in [2.45, 2.75) is 12.5 Å². The van der Waals surface area contributed by atoms with Gasteiger partial charge in [0.2, 0.25) is 0 Å². The number of hydrogen-bond donors (Lipinski definition) is 2. The Balaban J connectivity index is 3.03. The Kier molecular flexibility index (Phi) is 2.40. The summed E-state index contributed by atoms with van der Waals surface area (Å²) in [5, 5.41) is 18.2. The van der Waals surface area contributed by atoms with Gasteiger partial charge in [0.15, 0.2) is 0 Å². The fourth-order valence-electron chi connectivity index (χ4n) is 0.798. The molecule has 66 valence electrons. The zero-order valence-corrected chi connectivity index (χ0v) is 6.66. The van der Waals surface area contributed by atoms with Crippen molar-refractivity contribution in [3.05, 3.63) is 29.8 Å². The lowest BCUT2D eigenvalue weighted by Gasteiger charge is -2.19. The topological polar surface area (TPSA) is 53.4 Å². The Labute approximate surface area is 69.5 Å². The number of halogens is 1. The number of pyridine rings is 1. The molecule has 2 N–H and O–H groups in total. The van der Waals surface area contributed by atoms with Crippen LogP contribution in [0.15, 0.2) is 18.5 Å². The molecular weight excluding hydrogens is 161 g/mol. The molecule has 12 heavy (non-hydrogen) atoms. The van der Waals surface area contributed by atoms with Crippen LogP contribution in [0.3, 0.4) is 0 Å². The molecule has 4 heteroatoms. The van der Waals surface area contributed by atoms with Crippen LogP contribution in [0.4, 0.5) is 4.39 Å². The van der Waals surface area contributed by atoms with Gasteiger partial charge in [-0.3, -0.25) is 4.98 Å². The van der Waals surface area contributed by atoms with Crippen LogP contribution in [0.5, 0.6) is 0 Å². The van der Waals surface area contributed by atoms with Crippen LogP contribution in [0, 0.1) is 5.82 Å². The van der Waals surface area contributed by atoms with E-state index in [9.17, 15) is 9.50 Å². The average molecular weight is 171 g/mol. The number of nitrogens with zero attached hydrogens (tertiary/aromatic N) is 1. The minimum absolute atomic E-state index is 0.269. The van der Waals surface area contributed by atoms with Gasteiger partial charge in [-0.1, -0.05) is 0 Å². The lowest BCUT2D eigenvalue weighted by Crippen LogP contribution is -2.26. The van der Waals surface area contributed by atoms with Gasteiger partial charge < -0.3 is 10.2 Å². The molecule has 1 rings (SSSR count). The number of rotatable bonds is 2. The monoisotopic (exact) mass is 171 g/mol. The summed E-state index contributed by atoms with van der Waals surface area (Å²) in [6.07, 6.45) is 2.36. The van der Waals surface area contributed by atoms with Crippen molar-refractivity contribution < 1.29 is 14.6 Å². The van der Waals surface area contributed by atoms with Crippen molar-refractivity contribution in [1.82, 2.24) is 4.98 Å². The Morgan fingerprint density at radius 2 is 2.25 bits per heavy atom. The van der Waals surface area contributed by atoms with Gasteiger partial charge in [0, 0.05) is 11.8 Å². The van der Waals surface area contributed by atoms with Crippen molar-refractivity contribution in [3.63, 3.8) is 0 Å². The minimum atomic E-state index is -1.42. The van der Waals surface area contributed by atoms with Crippen LogP contribution < -0.4 is 0 Å². The maximum absolute atomic E-state index is 12.6. The first-order valence-electron chi connectivity index (χ1n) is 3.50. The van der Waals surface area contributed by atoms with Gasteiger partial charge >= 0.3 is 0 Å². The van der Waals surface area contributed by atoms with E-state index in [1.165, 1.54) is 13.1 Å². The van der Waals surface area contributed by atoms with E-state index >= 15 is 0 Å². The second kappa shape index (κ2) is 3.16. The van der Waals surface area contributed by atoms with Crippen molar-refractivity contribution in [3.8, 4) is 0 Å². The summed E-state index contributed by atoms with van der Waals surface area (Å²) in [5.74, 6) is -0.527. The highest BCUT2D eigenvalue weighted by Gasteiger charge is 2.22. The molecular formula is C8H10FNO2. The molecule has 3 nitrogen and oxygen atoms in total. The van der Waals surface area contributed by atoms with Crippen molar-refractivity contribution >= 4 is 0 Å². The molecule has 0 aliphatic heterocycles. The van der Waals surface area contributed by atoms with Crippen LogP contribution in [0.25, 0.3) is 0 Å². The van der Waals surface area contributed by atoms with Gasteiger partial charge in [-0.05, 0) is 13.0 Å². The third-order valence-corrected chi connectivity index (χ3v) is 1.63. The van der Waals surface area contributed by atoms with Gasteiger partial charge in [-0.15, -0.1) is 0 Å². The normalized spacial score (nSPS) is 15.7. The summed E-state index contributed by atoms with van der Waals surface area (Å²) in [7, 11) is 0. The van der Waals surface area contributed by atoms with E-state index in [0.29, 0.717) is 0 Å². The predicted molar refractivity (Wildman–Crippen MR) is 40.9 cm³/mol. The number of hydrogen-bond acceptors (Lipinski definition) is 3. The van der Waals surface area contributed by atoms with Crippen LogP contribution in [-0.2, 0) is 5.60 Å². The second-order valence-corrected chi connectivity index (χ2v) is 2.82. The maximum Gasteiger partial charge on any atom is 0.141 e. The van der Waals surface area contributed by atoms with E-state index in [1.807, 2.05) is 0 Å². The summed E-state index contributed by atoms with van der Waals surface area (Å²) < 4.78 is 12.6. The zero-order valence-electron chi connectivity index (χ0n) is 6.66. The molecule has 0 aliphatic carbocycles. The van der Waals surface area contributed by atoms with Crippen LogP contribution in [-0.4, -0.2) is 21.8 Å². The highest BCUT2D eigenvalue weighted by molar-refractivity contribution is 5.17. The number of aliphatic hydroxyl groups excluding tert-OH is 1. The number of aromatic nitrogens is 1. The fraction of sp³-hybridized carbons (Fsp3) is 0.375. The molecule has 0 aliphatic rings. The van der Waals surface area contributed by atoms with E-state index < -0.39 is 18.0 Å². The molecule has 0 saturated carbocycles. The first-order valence-corrected chi connectivity index (χ1v) is 3.50. The van der Waals surface area contributed by atoms with Gasteiger partial charge in [0.1, 0.15) is 11.4 Å². The van der Waals surface area contributed by atoms with E-state index in [-0.39, 0.29) is 5.56 Å². The minimum Gasteiger partial charge on any atom is -0.393 e. The first kappa shape index (κ1) is 9.09. The molecule has 1 aromatic rings. The molecule has 0 saturated heterocycles. The Bertz CT molecular complexity index is 276. The van der Waals surface area contributed by atoms with E-state index in [4.69, 9.17) is 5.11 Å². The Morgan fingerprint density at radius 1 is 1.58 bits per heavy atom. The predicted octanol–water partition coefficient (Wildman–Crippen LogP) is 0.421. The lowest BCUT2D eigenvalue weighted by atomic mass is 9.99. The van der Waals surface area contributed by atoms with Gasteiger partial charge in [0.05, 0.1) is 12.8 Å². The highest BCUT2D eigenvalue weighted by atomic mass is 19.1. The molecule has 1 aromatic heterocycles. The van der Waals surface area contributed by atoms with E-state index in [1.54, 1.807) is 0 Å². The third kappa shape index (κ3) is 1.78. The van der Waals surface area contributed by atoms with Crippen LogP contribution in [0.2, 0.25) is 0 Å². The Hall–Kier alpha value is -1.00. The average Bonchev–Trinajstić information content (AvgIpc) is 2.05. The standard InChI is InChI=1S/C8H10FNO2/c1-8(12,5-11)6-2-7(9)4-10-3-6/h2-4,11-12H,5H2,1H3. The Morgan fingerprint density at radius 3 is 2.75 bits per heavy atom. The summed E-state index contributed by atoms with van der Waals surface area (Å²) in [6.45, 7) is 0.932. The third-order valence-electron chi connectivity index (χ3n) is 1.63. The second-order valence-electron chi connectivity index (χ2n) is 2.82. The van der Waals surface area contributed by atoms with Gasteiger partial charge in [0.25, 0.3) is 0 Å². The molecule has 0 amide bonds. The van der Waals surface area contributed by atoms with Gasteiger partial charge in [-0.25, -0.2) is 4.39 Å². The van der Waals surface area contributed by atoms with E-state index in [2.05, 4.69) is 4.98 Å². The van der Waals surface area contributed by atoms with Crippen LogP contribution >= 0.6 is 0 Å². The summed E-state index contributed by atoms with van der Waals surface area (Å²) in [4.78, 5) is 3.55. The molecule has 0 fully saturated rings. The highest BCUT2D eigenvalue weighted by Crippen LogP contribution is 2.18. The quantitative estimate of drug-likeness (QED) is 0.678. The molecule has 1 heterocycles. The molecule has 0 bridgehead atoms. The molecule has 0 aromatic carbocycles. The van der Waals surface area contributed by atoms with Crippen molar-refractivity contribution in [2.24, 2.45) is 0 Å².